The van der Waals surface area contributed by atoms with Crippen LogP contribution >= 0.6 is 0 Å². The first kappa shape index (κ1) is 15.9. The Hall–Kier alpha value is -1.51. The molecule has 1 saturated carbocycles. The summed E-state index contributed by atoms with van der Waals surface area (Å²) in [7, 11) is 0. The van der Waals surface area contributed by atoms with Crippen LogP contribution in [-0.2, 0) is 0 Å². The second kappa shape index (κ2) is 6.50. The molecule has 3 heteroatoms. The second-order valence-electron chi connectivity index (χ2n) is 7.14. The third kappa shape index (κ3) is 4.23. The zero-order valence-electron chi connectivity index (χ0n) is 13.7. The van der Waals surface area contributed by atoms with Gasteiger partial charge < -0.3 is 10.6 Å². The van der Waals surface area contributed by atoms with E-state index in [9.17, 15) is 4.79 Å². The van der Waals surface area contributed by atoms with E-state index in [1.165, 1.54) is 25.7 Å². The quantitative estimate of drug-likeness (QED) is 0.871. The van der Waals surface area contributed by atoms with E-state index in [1.807, 2.05) is 32.0 Å². The molecule has 2 rings (SSSR count). The number of amides is 1. The van der Waals surface area contributed by atoms with Gasteiger partial charge >= 0.3 is 0 Å². The van der Waals surface area contributed by atoms with Gasteiger partial charge in [-0.05, 0) is 50.3 Å². The van der Waals surface area contributed by atoms with E-state index in [4.69, 9.17) is 0 Å². The maximum atomic E-state index is 12.1. The Kier molecular flexibility index (Phi) is 4.92. The molecule has 0 aliphatic heterocycles. The first-order valence-electron chi connectivity index (χ1n) is 8.06. The van der Waals surface area contributed by atoms with Gasteiger partial charge in [0.1, 0.15) is 0 Å². The van der Waals surface area contributed by atoms with E-state index in [0.717, 1.165) is 11.3 Å². The maximum Gasteiger partial charge on any atom is 0.251 e. The van der Waals surface area contributed by atoms with Crippen LogP contribution in [0.25, 0.3) is 0 Å². The lowest BCUT2D eigenvalue weighted by Gasteiger charge is -2.39. The Balaban J connectivity index is 2.09. The molecule has 0 heterocycles. The second-order valence-corrected chi connectivity index (χ2v) is 7.14. The average molecular weight is 288 g/mol. The Morgan fingerprint density at radius 3 is 2.71 bits per heavy atom. The molecule has 1 atom stereocenters. The van der Waals surface area contributed by atoms with Gasteiger partial charge in [0, 0.05) is 23.3 Å². The zero-order chi connectivity index (χ0) is 15.5. The van der Waals surface area contributed by atoms with Gasteiger partial charge in [-0.3, -0.25) is 4.79 Å². The molecule has 0 aromatic heterocycles. The Morgan fingerprint density at radius 2 is 2.05 bits per heavy atom. The Bertz CT molecular complexity index is 494. The number of anilines is 1. The fourth-order valence-corrected chi connectivity index (χ4v) is 3.06. The number of hydrogen-bond acceptors (Lipinski definition) is 2. The topological polar surface area (TPSA) is 41.1 Å². The fraction of sp³-hybridized carbons (Fsp3) is 0.611. The van der Waals surface area contributed by atoms with E-state index in [2.05, 4.69) is 30.5 Å². The van der Waals surface area contributed by atoms with Crippen LogP contribution in [0.5, 0.6) is 0 Å². The van der Waals surface area contributed by atoms with E-state index < -0.39 is 0 Å². The molecule has 0 bridgehead atoms. The number of carbonyl (C=O) groups is 1. The lowest BCUT2D eigenvalue weighted by Crippen LogP contribution is -2.39. The van der Waals surface area contributed by atoms with Crippen LogP contribution in [0.1, 0.15) is 63.7 Å². The predicted molar refractivity (Wildman–Crippen MR) is 88.7 cm³/mol. The van der Waals surface area contributed by atoms with Gasteiger partial charge in [-0.15, -0.1) is 0 Å². The van der Waals surface area contributed by atoms with Crippen molar-refractivity contribution in [2.24, 2.45) is 5.41 Å². The molecule has 3 nitrogen and oxygen atoms in total. The molecule has 2 N–H and O–H groups in total. The molecule has 1 aliphatic carbocycles. The number of nitrogens with one attached hydrogen (secondary N) is 2. The summed E-state index contributed by atoms with van der Waals surface area (Å²) in [4.78, 5) is 12.1. The minimum Gasteiger partial charge on any atom is -0.382 e. The number of carbonyl (C=O) groups excluding carboxylic acids is 1. The molecular weight excluding hydrogens is 260 g/mol. The molecule has 1 fully saturated rings. The minimum atomic E-state index is -0.00319. The van der Waals surface area contributed by atoms with E-state index in [-0.39, 0.29) is 11.9 Å². The third-order valence-corrected chi connectivity index (χ3v) is 4.39. The zero-order valence-corrected chi connectivity index (χ0v) is 13.7. The summed E-state index contributed by atoms with van der Waals surface area (Å²) in [5.74, 6) is -0.00319. The highest BCUT2D eigenvalue weighted by molar-refractivity contribution is 5.95. The molecule has 116 valence electrons. The van der Waals surface area contributed by atoms with Crippen LogP contribution in [-0.4, -0.2) is 18.0 Å². The van der Waals surface area contributed by atoms with Crippen LogP contribution < -0.4 is 10.6 Å². The van der Waals surface area contributed by atoms with Crippen LogP contribution in [0.4, 0.5) is 5.69 Å². The number of hydrogen-bond donors (Lipinski definition) is 2. The highest BCUT2D eigenvalue weighted by atomic mass is 16.1. The lowest BCUT2D eigenvalue weighted by molar-refractivity contribution is 0.0943. The highest BCUT2D eigenvalue weighted by Gasteiger charge is 2.32. The molecule has 0 saturated heterocycles. The van der Waals surface area contributed by atoms with Crippen LogP contribution in [0, 0.1) is 5.41 Å². The average Bonchev–Trinajstić information content (AvgIpc) is 2.41. The first-order valence-corrected chi connectivity index (χ1v) is 8.06. The van der Waals surface area contributed by atoms with Crippen molar-refractivity contribution in [2.45, 2.75) is 65.5 Å². The molecule has 1 aromatic carbocycles. The van der Waals surface area contributed by atoms with Gasteiger partial charge in [-0.1, -0.05) is 32.8 Å². The van der Waals surface area contributed by atoms with E-state index in [1.54, 1.807) is 0 Å². The van der Waals surface area contributed by atoms with Crippen molar-refractivity contribution in [2.75, 3.05) is 5.32 Å². The summed E-state index contributed by atoms with van der Waals surface area (Å²) in [6.45, 7) is 8.62. The van der Waals surface area contributed by atoms with Crippen molar-refractivity contribution in [3.63, 3.8) is 0 Å². The lowest BCUT2D eigenvalue weighted by atomic mass is 9.73. The normalized spacial score (nSPS) is 21.1. The van der Waals surface area contributed by atoms with Crippen molar-refractivity contribution >= 4 is 11.6 Å². The van der Waals surface area contributed by atoms with Crippen molar-refractivity contribution in [3.8, 4) is 0 Å². The third-order valence-electron chi connectivity index (χ3n) is 4.39. The molecule has 0 spiro atoms. The molecule has 1 aliphatic rings. The fourth-order valence-electron chi connectivity index (χ4n) is 3.06. The smallest absolute Gasteiger partial charge is 0.251 e. The predicted octanol–water partition coefficient (Wildman–Crippen LogP) is 4.21. The SMILES string of the molecule is CC(C)NC(=O)c1cccc(NC2CCCCC2(C)C)c1. The van der Waals surface area contributed by atoms with Crippen molar-refractivity contribution in [1.82, 2.24) is 5.32 Å². The van der Waals surface area contributed by atoms with Gasteiger partial charge in [-0.25, -0.2) is 0 Å². The summed E-state index contributed by atoms with van der Waals surface area (Å²) in [5.41, 5.74) is 2.09. The van der Waals surface area contributed by atoms with Crippen molar-refractivity contribution in [1.29, 1.82) is 0 Å². The van der Waals surface area contributed by atoms with Gasteiger partial charge in [0.25, 0.3) is 5.91 Å². The maximum absolute atomic E-state index is 12.1. The van der Waals surface area contributed by atoms with Gasteiger partial charge in [0.15, 0.2) is 0 Å². The van der Waals surface area contributed by atoms with Crippen molar-refractivity contribution < 1.29 is 4.79 Å². The standard InChI is InChI=1S/C18H28N2O/c1-13(2)19-17(21)14-8-7-9-15(12-14)20-16-10-5-6-11-18(16,3)4/h7-9,12-13,16,20H,5-6,10-11H2,1-4H3,(H,19,21). The van der Waals surface area contributed by atoms with Crippen LogP contribution in [0.15, 0.2) is 24.3 Å². The number of rotatable bonds is 4. The molecule has 1 aromatic rings. The largest absolute Gasteiger partial charge is 0.382 e. The summed E-state index contributed by atoms with van der Waals surface area (Å²) in [6, 6.07) is 8.47. The summed E-state index contributed by atoms with van der Waals surface area (Å²) >= 11 is 0. The van der Waals surface area contributed by atoms with Crippen LogP contribution in [0.3, 0.4) is 0 Å². The minimum absolute atomic E-state index is 0.00319. The molecule has 1 unspecified atom stereocenters. The first-order chi connectivity index (χ1) is 9.88. The molecular formula is C18H28N2O. The monoisotopic (exact) mass is 288 g/mol. The van der Waals surface area contributed by atoms with Gasteiger partial charge in [-0.2, -0.15) is 0 Å². The van der Waals surface area contributed by atoms with E-state index in [0.29, 0.717) is 11.5 Å². The molecule has 21 heavy (non-hydrogen) atoms. The summed E-state index contributed by atoms with van der Waals surface area (Å²) < 4.78 is 0. The van der Waals surface area contributed by atoms with Gasteiger partial charge in [0.05, 0.1) is 0 Å². The Labute approximate surface area is 128 Å². The van der Waals surface area contributed by atoms with Crippen LogP contribution in [0.2, 0.25) is 0 Å². The van der Waals surface area contributed by atoms with Gasteiger partial charge in [0.2, 0.25) is 0 Å². The number of benzene rings is 1. The highest BCUT2D eigenvalue weighted by Crippen LogP contribution is 2.37. The molecule has 1 amide bonds. The van der Waals surface area contributed by atoms with E-state index >= 15 is 0 Å². The summed E-state index contributed by atoms with van der Waals surface area (Å²) in [5, 5.41) is 6.58. The molecule has 0 radical (unpaired) electrons. The van der Waals surface area contributed by atoms with Crippen molar-refractivity contribution in [3.05, 3.63) is 29.8 Å². The Morgan fingerprint density at radius 1 is 1.29 bits per heavy atom. The summed E-state index contributed by atoms with van der Waals surface area (Å²) in [6.07, 6.45) is 5.07.